The molecule has 0 fully saturated rings. The smallest absolute Gasteiger partial charge is 0.289 e. The molecule has 0 aliphatic carbocycles. The molecule has 0 saturated carbocycles. The second-order valence-corrected chi connectivity index (χ2v) is 4.73. The lowest BCUT2D eigenvalue weighted by Gasteiger charge is -2.11. The van der Waals surface area contributed by atoms with E-state index in [-0.39, 0.29) is 11.1 Å². The van der Waals surface area contributed by atoms with E-state index in [0.29, 0.717) is 11.1 Å². The Kier molecular flexibility index (Phi) is 4.48. The van der Waals surface area contributed by atoms with Gasteiger partial charge < -0.3 is 0 Å². The van der Waals surface area contributed by atoms with E-state index in [0.717, 1.165) is 0 Å². The Morgan fingerprint density at radius 1 is 0.905 bits per heavy atom. The predicted octanol–water partition coefficient (Wildman–Crippen LogP) is 5.17. The Bertz CT molecular complexity index is 658. The van der Waals surface area contributed by atoms with Crippen LogP contribution in [0.3, 0.4) is 0 Å². The third-order valence-corrected chi connectivity index (χ3v) is 3.05. The van der Waals surface area contributed by atoms with E-state index in [1.54, 1.807) is 6.07 Å². The van der Waals surface area contributed by atoms with Crippen molar-refractivity contribution in [1.29, 1.82) is 0 Å². The van der Waals surface area contributed by atoms with Gasteiger partial charge in [0, 0.05) is 10.6 Å². The van der Waals surface area contributed by atoms with Gasteiger partial charge >= 0.3 is 6.18 Å². The van der Waals surface area contributed by atoms with Crippen LogP contribution in [0.15, 0.2) is 60.7 Å². The number of carbonyl (C=O) groups excluding carboxylic acids is 1. The van der Waals surface area contributed by atoms with Gasteiger partial charge in [-0.15, -0.1) is 0 Å². The molecule has 1 nitrogen and oxygen atoms in total. The van der Waals surface area contributed by atoms with E-state index in [4.69, 9.17) is 11.6 Å². The Labute approximate surface area is 124 Å². The van der Waals surface area contributed by atoms with Crippen molar-refractivity contribution >= 4 is 23.0 Å². The fourth-order valence-electron chi connectivity index (χ4n) is 1.78. The van der Waals surface area contributed by atoms with Crippen LogP contribution in [0.4, 0.5) is 13.2 Å². The highest BCUT2D eigenvalue weighted by Crippen LogP contribution is 2.34. The maximum absolute atomic E-state index is 13.1. The van der Waals surface area contributed by atoms with Gasteiger partial charge in [0.25, 0.3) is 0 Å². The summed E-state index contributed by atoms with van der Waals surface area (Å²) in [5.41, 5.74) is -0.868. The molecule has 0 heterocycles. The molecule has 2 aromatic carbocycles. The van der Waals surface area contributed by atoms with Gasteiger partial charge in [0.15, 0.2) is 5.78 Å². The molecule has 0 radical (unpaired) electrons. The van der Waals surface area contributed by atoms with Crippen LogP contribution in [0.1, 0.15) is 15.9 Å². The van der Waals surface area contributed by atoms with Crippen LogP contribution in [0.5, 0.6) is 0 Å². The van der Waals surface area contributed by atoms with Crippen molar-refractivity contribution in [2.45, 2.75) is 6.18 Å². The van der Waals surface area contributed by atoms with E-state index < -0.39 is 17.5 Å². The zero-order valence-corrected chi connectivity index (χ0v) is 11.4. The van der Waals surface area contributed by atoms with Crippen molar-refractivity contribution in [3.8, 4) is 0 Å². The monoisotopic (exact) mass is 310 g/mol. The topological polar surface area (TPSA) is 17.1 Å². The summed E-state index contributed by atoms with van der Waals surface area (Å²) in [5.74, 6) is -0.720. The first-order valence-electron chi connectivity index (χ1n) is 6.02. The zero-order valence-electron chi connectivity index (χ0n) is 10.7. The summed E-state index contributed by atoms with van der Waals surface area (Å²) < 4.78 is 39.3. The van der Waals surface area contributed by atoms with E-state index in [1.165, 1.54) is 48.5 Å². The molecule has 0 amide bonds. The quantitative estimate of drug-likeness (QED) is 0.564. The number of benzene rings is 2. The van der Waals surface area contributed by atoms with E-state index in [2.05, 4.69) is 0 Å². The standard InChI is InChI=1S/C16H10ClF3O/c17-13-8-6-12(7-9-13)15(21)10-14(16(18,19)20)11-4-2-1-3-5-11/h1-10H/b14-10+. The number of halogens is 4. The Hall–Kier alpha value is -2.07. The number of ketones is 1. The zero-order chi connectivity index (χ0) is 15.5. The minimum Gasteiger partial charge on any atom is -0.289 e. The summed E-state index contributed by atoms with van der Waals surface area (Å²) in [4.78, 5) is 12.0. The minimum atomic E-state index is -4.61. The first kappa shape index (κ1) is 15.3. The fourth-order valence-corrected chi connectivity index (χ4v) is 1.90. The number of allylic oxidation sites excluding steroid dienone is 2. The van der Waals surface area contributed by atoms with Crippen LogP contribution in [0.2, 0.25) is 5.02 Å². The van der Waals surface area contributed by atoms with Crippen LogP contribution in [0.25, 0.3) is 5.57 Å². The average Bonchev–Trinajstić information content (AvgIpc) is 2.45. The van der Waals surface area contributed by atoms with E-state index >= 15 is 0 Å². The number of hydrogen-bond donors (Lipinski definition) is 0. The minimum absolute atomic E-state index is 0.0488. The third-order valence-electron chi connectivity index (χ3n) is 2.79. The highest BCUT2D eigenvalue weighted by molar-refractivity contribution is 6.30. The van der Waals surface area contributed by atoms with Gasteiger partial charge in [-0.2, -0.15) is 13.2 Å². The van der Waals surface area contributed by atoms with Crippen molar-refractivity contribution in [3.05, 3.63) is 76.8 Å². The summed E-state index contributed by atoms with van der Waals surface area (Å²) in [5, 5.41) is 0.412. The van der Waals surface area contributed by atoms with Gasteiger partial charge in [-0.1, -0.05) is 41.9 Å². The van der Waals surface area contributed by atoms with Crippen LogP contribution in [-0.2, 0) is 0 Å². The van der Waals surface area contributed by atoms with Crippen molar-refractivity contribution < 1.29 is 18.0 Å². The number of hydrogen-bond acceptors (Lipinski definition) is 1. The third kappa shape index (κ3) is 3.95. The second kappa shape index (κ2) is 6.14. The van der Waals surface area contributed by atoms with Gasteiger partial charge in [0.05, 0.1) is 5.57 Å². The van der Waals surface area contributed by atoms with Gasteiger partial charge in [-0.05, 0) is 35.9 Å². The Morgan fingerprint density at radius 3 is 2.00 bits per heavy atom. The molecule has 0 aliphatic rings. The van der Waals surface area contributed by atoms with Crippen LogP contribution in [-0.4, -0.2) is 12.0 Å². The molecule has 0 spiro atoms. The summed E-state index contributed by atoms with van der Waals surface area (Å²) >= 11 is 5.68. The summed E-state index contributed by atoms with van der Waals surface area (Å²) in [7, 11) is 0. The lowest BCUT2D eigenvalue weighted by atomic mass is 10.0. The van der Waals surface area contributed by atoms with Gasteiger partial charge in [-0.25, -0.2) is 0 Å². The normalized spacial score (nSPS) is 12.3. The molecule has 2 aromatic rings. The first-order valence-corrected chi connectivity index (χ1v) is 6.40. The predicted molar refractivity (Wildman–Crippen MR) is 76.3 cm³/mol. The molecule has 0 bridgehead atoms. The first-order chi connectivity index (χ1) is 9.88. The van der Waals surface area contributed by atoms with Gasteiger partial charge in [0.2, 0.25) is 0 Å². The summed E-state index contributed by atoms with van der Waals surface area (Å²) in [6.07, 6.45) is -4.00. The molecule has 5 heteroatoms. The fraction of sp³-hybridized carbons (Fsp3) is 0.0625. The molecule has 0 atom stereocenters. The maximum atomic E-state index is 13.1. The van der Waals surface area contributed by atoms with Gasteiger partial charge in [-0.3, -0.25) is 4.79 Å². The Balaban J connectivity index is 2.42. The molecule has 0 N–H and O–H groups in total. The van der Waals surface area contributed by atoms with Crippen LogP contribution < -0.4 is 0 Å². The largest absolute Gasteiger partial charge is 0.417 e. The lowest BCUT2D eigenvalue weighted by Crippen LogP contribution is -2.12. The molecular formula is C16H10ClF3O. The highest BCUT2D eigenvalue weighted by atomic mass is 35.5. The van der Waals surface area contributed by atoms with Crippen molar-refractivity contribution in [3.63, 3.8) is 0 Å². The highest BCUT2D eigenvalue weighted by Gasteiger charge is 2.35. The second-order valence-electron chi connectivity index (χ2n) is 4.29. The van der Waals surface area contributed by atoms with Crippen LogP contribution in [0, 0.1) is 0 Å². The van der Waals surface area contributed by atoms with Crippen molar-refractivity contribution in [2.75, 3.05) is 0 Å². The van der Waals surface area contributed by atoms with Crippen molar-refractivity contribution in [2.24, 2.45) is 0 Å². The molecule has 0 saturated heterocycles. The average molecular weight is 311 g/mol. The molecule has 0 unspecified atom stereocenters. The summed E-state index contributed by atoms with van der Waals surface area (Å²) in [6, 6.07) is 12.9. The lowest BCUT2D eigenvalue weighted by molar-refractivity contribution is -0.0689. The molecule has 0 aliphatic heterocycles. The SMILES string of the molecule is O=C(/C=C(\c1ccccc1)C(F)(F)F)c1ccc(Cl)cc1. The van der Waals surface area contributed by atoms with E-state index in [9.17, 15) is 18.0 Å². The molecule has 21 heavy (non-hydrogen) atoms. The van der Waals surface area contributed by atoms with E-state index in [1.807, 2.05) is 0 Å². The van der Waals surface area contributed by atoms with Gasteiger partial charge in [0.1, 0.15) is 0 Å². The number of carbonyl (C=O) groups is 1. The Morgan fingerprint density at radius 2 is 1.48 bits per heavy atom. The molecule has 2 rings (SSSR count). The summed E-state index contributed by atoms with van der Waals surface area (Å²) in [6.45, 7) is 0. The maximum Gasteiger partial charge on any atom is 0.417 e. The van der Waals surface area contributed by atoms with Crippen molar-refractivity contribution in [1.82, 2.24) is 0 Å². The van der Waals surface area contributed by atoms with Crippen LogP contribution >= 0.6 is 11.6 Å². The molecule has 108 valence electrons. The number of rotatable bonds is 3. The molecular weight excluding hydrogens is 301 g/mol. The molecule has 0 aromatic heterocycles. The number of alkyl halides is 3.